The van der Waals surface area contributed by atoms with Gasteiger partial charge in [0.05, 0.1) is 33.9 Å². The van der Waals surface area contributed by atoms with Crippen LogP contribution < -0.4 is 15.4 Å². The highest BCUT2D eigenvalue weighted by atomic mass is 79.9. The zero-order chi connectivity index (χ0) is 20.3. The molecule has 146 valence electrons. The van der Waals surface area contributed by atoms with Crippen molar-refractivity contribution in [1.29, 1.82) is 0 Å². The Morgan fingerprint density at radius 3 is 2.68 bits per heavy atom. The van der Waals surface area contributed by atoms with E-state index in [0.29, 0.717) is 33.3 Å². The van der Waals surface area contributed by atoms with Crippen LogP contribution in [0, 0.1) is 6.92 Å². The van der Waals surface area contributed by atoms with Crippen molar-refractivity contribution in [3.05, 3.63) is 68.2 Å². The summed E-state index contributed by atoms with van der Waals surface area (Å²) in [6.45, 7) is 2.55. The van der Waals surface area contributed by atoms with E-state index in [9.17, 15) is 0 Å². The molecule has 2 N–H and O–H groups in total. The van der Waals surface area contributed by atoms with Crippen LogP contribution in [0.15, 0.2) is 47.1 Å². The summed E-state index contributed by atoms with van der Waals surface area (Å²) < 4.78 is 7.93. The first-order valence-corrected chi connectivity index (χ1v) is 10.2. The Labute approximate surface area is 187 Å². The van der Waals surface area contributed by atoms with Crippen molar-refractivity contribution in [2.45, 2.75) is 13.5 Å². The molecule has 3 aromatic rings. The van der Waals surface area contributed by atoms with Gasteiger partial charge < -0.3 is 15.4 Å². The van der Waals surface area contributed by atoms with E-state index >= 15 is 0 Å². The van der Waals surface area contributed by atoms with E-state index in [1.807, 2.05) is 43.5 Å². The van der Waals surface area contributed by atoms with Crippen LogP contribution in [0.4, 0.5) is 11.5 Å². The Morgan fingerprint density at radius 1 is 1.18 bits per heavy atom. The van der Waals surface area contributed by atoms with Crippen molar-refractivity contribution in [2.24, 2.45) is 0 Å². The average molecular weight is 500 g/mol. The molecule has 5 nitrogen and oxygen atoms in total. The van der Waals surface area contributed by atoms with Gasteiger partial charge in [0.15, 0.2) is 10.9 Å². The molecule has 0 bridgehead atoms. The highest BCUT2D eigenvalue weighted by Gasteiger charge is 2.11. The number of aromatic nitrogens is 2. The molecular weight excluding hydrogens is 483 g/mol. The summed E-state index contributed by atoms with van der Waals surface area (Å²) in [6, 6.07) is 11.3. The second kappa shape index (κ2) is 9.13. The summed E-state index contributed by atoms with van der Waals surface area (Å²) in [7, 11) is 1.62. The summed E-state index contributed by atoms with van der Waals surface area (Å²) >= 11 is 21.0. The summed E-state index contributed by atoms with van der Waals surface area (Å²) in [6.07, 6.45) is 1.86. The van der Waals surface area contributed by atoms with Crippen molar-refractivity contribution >= 4 is 68.0 Å². The standard InChI is InChI=1S/C19H17BrCl2N4OS/c1-11-3-6-17(27-2)16(7-11)23-19(28)24-18-13(20)10-26(25-18)9-12-4-5-14(21)15(22)8-12/h3-8,10H,9H2,1-2H3,(H2,23,24,25,28). The SMILES string of the molecule is COc1ccc(C)cc1NC(=S)Nc1nn(Cc2ccc(Cl)c(Cl)c2)cc1Br. The van der Waals surface area contributed by atoms with E-state index < -0.39 is 0 Å². The Balaban J connectivity index is 1.70. The summed E-state index contributed by atoms with van der Waals surface area (Å²) in [5.41, 5.74) is 2.87. The van der Waals surface area contributed by atoms with Gasteiger partial charge in [0.25, 0.3) is 0 Å². The predicted molar refractivity (Wildman–Crippen MR) is 123 cm³/mol. The second-order valence-corrected chi connectivity index (χ2v) is 8.13. The van der Waals surface area contributed by atoms with Gasteiger partial charge in [0.2, 0.25) is 0 Å². The Bertz CT molecular complexity index is 1030. The summed E-state index contributed by atoms with van der Waals surface area (Å²) in [5.74, 6) is 1.31. The number of halogens is 3. The second-order valence-electron chi connectivity index (χ2n) is 6.05. The normalized spacial score (nSPS) is 10.6. The van der Waals surface area contributed by atoms with Crippen molar-refractivity contribution in [1.82, 2.24) is 9.78 Å². The Morgan fingerprint density at radius 2 is 1.96 bits per heavy atom. The van der Waals surface area contributed by atoms with Gasteiger partial charge >= 0.3 is 0 Å². The molecule has 0 saturated carbocycles. The van der Waals surface area contributed by atoms with Crippen LogP contribution in [0.5, 0.6) is 5.75 Å². The zero-order valence-corrected chi connectivity index (χ0v) is 19.0. The Kier molecular flexibility index (Phi) is 6.82. The Hall–Kier alpha value is -1.80. The molecule has 0 spiro atoms. The number of hydrogen-bond donors (Lipinski definition) is 2. The van der Waals surface area contributed by atoms with Crippen LogP contribution in [0.1, 0.15) is 11.1 Å². The molecule has 0 aliphatic carbocycles. The van der Waals surface area contributed by atoms with Crippen LogP contribution in [0.3, 0.4) is 0 Å². The number of nitrogens with zero attached hydrogens (tertiary/aromatic N) is 2. The number of hydrogen-bond acceptors (Lipinski definition) is 3. The minimum Gasteiger partial charge on any atom is -0.495 e. The molecule has 0 aliphatic rings. The molecule has 2 aromatic carbocycles. The number of thiocarbonyl (C=S) groups is 1. The lowest BCUT2D eigenvalue weighted by Crippen LogP contribution is -2.20. The molecule has 0 unspecified atom stereocenters. The number of ether oxygens (including phenoxy) is 1. The smallest absolute Gasteiger partial charge is 0.176 e. The maximum atomic E-state index is 6.08. The average Bonchev–Trinajstić information content (AvgIpc) is 2.97. The van der Waals surface area contributed by atoms with Gasteiger partial charge in [0.1, 0.15) is 5.75 Å². The topological polar surface area (TPSA) is 51.1 Å². The first kappa shape index (κ1) is 20.9. The highest BCUT2D eigenvalue weighted by molar-refractivity contribution is 9.10. The molecule has 1 aromatic heterocycles. The van der Waals surface area contributed by atoms with Gasteiger partial charge in [-0.25, -0.2) is 0 Å². The molecule has 0 saturated heterocycles. The zero-order valence-electron chi connectivity index (χ0n) is 15.1. The van der Waals surface area contributed by atoms with Crippen LogP contribution in [0.25, 0.3) is 0 Å². The quantitative estimate of drug-likeness (QED) is 0.413. The fraction of sp³-hybridized carbons (Fsp3) is 0.158. The number of benzene rings is 2. The van der Waals surface area contributed by atoms with E-state index in [4.69, 9.17) is 40.2 Å². The number of aryl methyl sites for hydroxylation is 1. The molecule has 0 fully saturated rings. The van der Waals surface area contributed by atoms with Gasteiger partial charge in [-0.2, -0.15) is 5.10 Å². The number of anilines is 2. The van der Waals surface area contributed by atoms with Crippen molar-refractivity contribution < 1.29 is 4.74 Å². The van der Waals surface area contributed by atoms with Gasteiger partial charge in [0, 0.05) is 6.20 Å². The summed E-state index contributed by atoms with van der Waals surface area (Å²) in [5, 5.41) is 12.2. The van der Waals surface area contributed by atoms with Crippen LogP contribution in [-0.4, -0.2) is 22.0 Å². The fourth-order valence-corrected chi connectivity index (χ4v) is 3.51. The molecular formula is C19H17BrCl2N4OS. The fourth-order valence-electron chi connectivity index (χ4n) is 2.57. The van der Waals surface area contributed by atoms with E-state index in [0.717, 1.165) is 21.3 Å². The third-order valence-corrected chi connectivity index (χ3v) is 5.40. The molecule has 28 heavy (non-hydrogen) atoms. The van der Waals surface area contributed by atoms with Crippen LogP contribution in [-0.2, 0) is 6.54 Å². The molecule has 3 rings (SSSR count). The van der Waals surface area contributed by atoms with E-state index in [2.05, 4.69) is 31.7 Å². The third kappa shape index (κ3) is 5.17. The number of rotatable bonds is 5. The van der Waals surface area contributed by atoms with Crippen LogP contribution >= 0.6 is 51.3 Å². The third-order valence-electron chi connectivity index (χ3n) is 3.88. The first-order chi connectivity index (χ1) is 13.4. The molecule has 0 atom stereocenters. The monoisotopic (exact) mass is 498 g/mol. The largest absolute Gasteiger partial charge is 0.495 e. The predicted octanol–water partition coefficient (Wildman–Crippen LogP) is 6.13. The minimum atomic E-state index is 0.407. The lowest BCUT2D eigenvalue weighted by molar-refractivity contribution is 0.417. The molecule has 9 heteroatoms. The van der Waals surface area contributed by atoms with Crippen LogP contribution in [0.2, 0.25) is 10.0 Å². The summed E-state index contributed by atoms with van der Waals surface area (Å²) in [4.78, 5) is 0. The maximum absolute atomic E-state index is 6.08. The maximum Gasteiger partial charge on any atom is 0.176 e. The van der Waals surface area contributed by atoms with E-state index in [-0.39, 0.29) is 0 Å². The minimum absolute atomic E-state index is 0.407. The molecule has 1 heterocycles. The molecule has 0 aliphatic heterocycles. The lowest BCUT2D eigenvalue weighted by atomic mass is 10.2. The van der Waals surface area contributed by atoms with Gasteiger partial charge in [-0.1, -0.05) is 35.3 Å². The van der Waals surface area contributed by atoms with Crippen molar-refractivity contribution in [3.8, 4) is 5.75 Å². The van der Waals surface area contributed by atoms with Gasteiger partial charge in [-0.3, -0.25) is 4.68 Å². The number of methoxy groups -OCH3 is 1. The molecule has 0 amide bonds. The van der Waals surface area contributed by atoms with Gasteiger partial charge in [-0.05, 0) is 70.5 Å². The van der Waals surface area contributed by atoms with E-state index in [1.165, 1.54) is 0 Å². The van der Waals surface area contributed by atoms with Crippen molar-refractivity contribution in [2.75, 3.05) is 17.7 Å². The van der Waals surface area contributed by atoms with Crippen molar-refractivity contribution in [3.63, 3.8) is 0 Å². The first-order valence-electron chi connectivity index (χ1n) is 8.25. The van der Waals surface area contributed by atoms with Gasteiger partial charge in [-0.15, -0.1) is 0 Å². The van der Waals surface area contributed by atoms with E-state index in [1.54, 1.807) is 17.9 Å². The molecule has 0 radical (unpaired) electrons. The highest BCUT2D eigenvalue weighted by Crippen LogP contribution is 2.27. The lowest BCUT2D eigenvalue weighted by Gasteiger charge is -2.13. The number of nitrogens with one attached hydrogen (secondary N) is 2.